The molecule has 0 aromatic heterocycles. The summed E-state index contributed by atoms with van der Waals surface area (Å²) in [6, 6.07) is 10.5. The SMILES string of the molecule is Cc1ccc(NC(=O)CCS(=O)(=O)c2ccc3c(c2)CCN3C(=O)C2CC2)cc1N(C)C. The largest absolute Gasteiger partial charge is 0.377 e. The Morgan fingerprint density at radius 3 is 2.56 bits per heavy atom. The van der Waals surface area contributed by atoms with Crippen molar-refractivity contribution < 1.29 is 18.0 Å². The summed E-state index contributed by atoms with van der Waals surface area (Å²) >= 11 is 0. The molecule has 1 aliphatic carbocycles. The zero-order valence-corrected chi connectivity index (χ0v) is 19.5. The van der Waals surface area contributed by atoms with Crippen LogP contribution in [0.4, 0.5) is 17.1 Å². The third-order valence-electron chi connectivity index (χ3n) is 6.07. The standard InChI is InChI=1S/C24H29N3O4S/c1-16-4-7-19(15-22(16)26(2)3)25-23(28)11-13-32(30,31)20-8-9-21-18(14-20)10-12-27(21)24(29)17-5-6-17/h4,7-9,14-15,17H,5-6,10-13H2,1-3H3,(H,25,28). The van der Waals surface area contributed by atoms with E-state index in [1.54, 1.807) is 23.1 Å². The van der Waals surface area contributed by atoms with Crippen molar-refractivity contribution in [2.24, 2.45) is 5.92 Å². The van der Waals surface area contributed by atoms with Gasteiger partial charge in [-0.25, -0.2) is 8.42 Å². The highest BCUT2D eigenvalue weighted by Crippen LogP contribution is 2.37. The van der Waals surface area contributed by atoms with E-state index in [0.29, 0.717) is 18.7 Å². The highest BCUT2D eigenvalue weighted by molar-refractivity contribution is 7.91. The fourth-order valence-corrected chi connectivity index (χ4v) is 5.38. The van der Waals surface area contributed by atoms with E-state index in [2.05, 4.69) is 5.32 Å². The molecule has 0 saturated heterocycles. The summed E-state index contributed by atoms with van der Waals surface area (Å²) in [5.41, 5.74) is 4.40. The topological polar surface area (TPSA) is 86.8 Å². The van der Waals surface area contributed by atoms with Gasteiger partial charge < -0.3 is 15.1 Å². The number of nitrogens with one attached hydrogen (secondary N) is 1. The minimum atomic E-state index is -3.61. The van der Waals surface area contributed by atoms with Gasteiger partial charge in [-0.1, -0.05) is 6.07 Å². The third kappa shape index (κ3) is 4.65. The van der Waals surface area contributed by atoms with E-state index < -0.39 is 9.84 Å². The predicted octanol–water partition coefficient (Wildman–Crippen LogP) is 3.16. The highest BCUT2D eigenvalue weighted by Gasteiger charge is 2.36. The Morgan fingerprint density at radius 1 is 1.12 bits per heavy atom. The number of rotatable bonds is 7. The van der Waals surface area contributed by atoms with E-state index in [0.717, 1.165) is 35.3 Å². The molecule has 0 atom stereocenters. The highest BCUT2D eigenvalue weighted by atomic mass is 32.2. The number of aryl methyl sites for hydroxylation is 1. The second-order valence-corrected chi connectivity index (χ2v) is 10.9. The number of hydrogen-bond donors (Lipinski definition) is 1. The van der Waals surface area contributed by atoms with Crippen molar-refractivity contribution in [2.45, 2.75) is 37.5 Å². The number of sulfone groups is 1. The molecule has 2 aliphatic rings. The van der Waals surface area contributed by atoms with Crippen molar-refractivity contribution >= 4 is 38.7 Å². The summed E-state index contributed by atoms with van der Waals surface area (Å²) < 4.78 is 25.7. The van der Waals surface area contributed by atoms with E-state index in [9.17, 15) is 18.0 Å². The lowest BCUT2D eigenvalue weighted by molar-refractivity contribution is -0.119. The molecule has 4 rings (SSSR count). The van der Waals surface area contributed by atoms with Crippen LogP contribution in [0.25, 0.3) is 0 Å². The Kier molecular flexibility index (Phi) is 5.99. The number of amides is 2. The first-order valence-corrected chi connectivity index (χ1v) is 12.6. The quantitative estimate of drug-likeness (QED) is 0.693. The predicted molar refractivity (Wildman–Crippen MR) is 126 cm³/mol. The van der Waals surface area contributed by atoms with E-state index in [1.807, 2.05) is 44.1 Å². The molecule has 2 amide bonds. The normalized spacial score (nSPS) is 15.4. The lowest BCUT2D eigenvalue weighted by atomic mass is 10.1. The average Bonchev–Trinajstić information content (AvgIpc) is 3.52. The minimum absolute atomic E-state index is 0.128. The first kappa shape index (κ1) is 22.3. The number of anilines is 3. The van der Waals surface area contributed by atoms with Gasteiger partial charge in [0.1, 0.15) is 0 Å². The molecule has 170 valence electrons. The maximum absolute atomic E-state index is 12.8. The fourth-order valence-electron chi connectivity index (χ4n) is 4.09. The van der Waals surface area contributed by atoms with E-state index >= 15 is 0 Å². The average molecular weight is 456 g/mol. The molecular formula is C24H29N3O4S. The molecule has 1 aliphatic heterocycles. The van der Waals surface area contributed by atoms with Crippen LogP contribution in [0.2, 0.25) is 0 Å². The van der Waals surface area contributed by atoms with Crippen LogP contribution >= 0.6 is 0 Å². The molecule has 2 aromatic carbocycles. The van der Waals surface area contributed by atoms with Crippen molar-refractivity contribution in [3.05, 3.63) is 47.5 Å². The number of carbonyl (C=O) groups is 2. The van der Waals surface area contributed by atoms with Crippen LogP contribution < -0.4 is 15.1 Å². The van der Waals surface area contributed by atoms with E-state index in [-0.39, 0.29) is 34.8 Å². The van der Waals surface area contributed by atoms with Crippen LogP contribution in [-0.4, -0.2) is 46.6 Å². The van der Waals surface area contributed by atoms with Gasteiger partial charge in [0.25, 0.3) is 0 Å². The second kappa shape index (κ2) is 8.58. The van der Waals surface area contributed by atoms with Crippen LogP contribution in [0.5, 0.6) is 0 Å². The van der Waals surface area contributed by atoms with E-state index in [1.165, 1.54) is 0 Å². The summed E-state index contributed by atoms with van der Waals surface area (Å²) in [7, 11) is 0.246. The molecule has 8 heteroatoms. The first-order chi connectivity index (χ1) is 15.2. The van der Waals surface area contributed by atoms with Crippen LogP contribution in [0.3, 0.4) is 0 Å². The zero-order valence-electron chi connectivity index (χ0n) is 18.7. The summed E-state index contributed by atoms with van der Waals surface area (Å²) in [6.07, 6.45) is 2.41. The Labute approximate surface area is 189 Å². The first-order valence-electron chi connectivity index (χ1n) is 10.9. The Bertz CT molecular complexity index is 1170. The van der Waals surface area contributed by atoms with Crippen molar-refractivity contribution in [3.63, 3.8) is 0 Å². The number of benzene rings is 2. The summed E-state index contributed by atoms with van der Waals surface area (Å²) in [5.74, 6) is -0.339. The number of hydrogen-bond acceptors (Lipinski definition) is 5. The second-order valence-electron chi connectivity index (χ2n) is 8.82. The molecule has 0 radical (unpaired) electrons. The summed E-state index contributed by atoms with van der Waals surface area (Å²) in [5, 5.41) is 2.79. The Morgan fingerprint density at radius 2 is 1.88 bits per heavy atom. The van der Waals surface area contributed by atoms with Crippen LogP contribution in [0.15, 0.2) is 41.3 Å². The Balaban J connectivity index is 1.40. The maximum atomic E-state index is 12.8. The molecule has 0 unspecified atom stereocenters. The molecule has 0 spiro atoms. The zero-order chi connectivity index (χ0) is 23.0. The number of carbonyl (C=O) groups excluding carboxylic acids is 2. The monoisotopic (exact) mass is 455 g/mol. The smallest absolute Gasteiger partial charge is 0.230 e. The van der Waals surface area contributed by atoms with Gasteiger partial charge >= 0.3 is 0 Å². The molecule has 7 nitrogen and oxygen atoms in total. The fraction of sp³-hybridized carbons (Fsp3) is 0.417. The summed E-state index contributed by atoms with van der Waals surface area (Å²) in [6.45, 7) is 2.59. The van der Waals surface area contributed by atoms with Gasteiger partial charge in [-0.05, 0) is 67.6 Å². The number of nitrogens with zero attached hydrogens (tertiary/aromatic N) is 2. The van der Waals surface area contributed by atoms with Gasteiger partial charge in [0.2, 0.25) is 11.8 Å². The van der Waals surface area contributed by atoms with Gasteiger partial charge in [0.15, 0.2) is 9.84 Å². The van der Waals surface area contributed by atoms with Gasteiger partial charge in [0.05, 0.1) is 10.6 Å². The van der Waals surface area contributed by atoms with Crippen molar-refractivity contribution in [1.82, 2.24) is 0 Å². The van der Waals surface area contributed by atoms with E-state index in [4.69, 9.17) is 0 Å². The molecule has 32 heavy (non-hydrogen) atoms. The lowest BCUT2D eigenvalue weighted by Gasteiger charge is -2.17. The van der Waals surface area contributed by atoms with Crippen LogP contribution in [0.1, 0.15) is 30.4 Å². The van der Waals surface area contributed by atoms with Gasteiger partial charge in [-0.3, -0.25) is 9.59 Å². The molecule has 1 N–H and O–H groups in total. The Hall–Kier alpha value is -2.87. The van der Waals surface area contributed by atoms with Gasteiger partial charge in [-0.2, -0.15) is 0 Å². The molecule has 1 saturated carbocycles. The van der Waals surface area contributed by atoms with Gasteiger partial charge in [-0.15, -0.1) is 0 Å². The number of fused-ring (bicyclic) bond motifs is 1. The van der Waals surface area contributed by atoms with Crippen molar-refractivity contribution in [2.75, 3.05) is 41.5 Å². The summed E-state index contributed by atoms with van der Waals surface area (Å²) in [4.78, 5) is 28.8. The molecular weight excluding hydrogens is 426 g/mol. The van der Waals surface area contributed by atoms with Gasteiger partial charge in [0, 0.05) is 50.0 Å². The molecule has 1 fully saturated rings. The molecule has 1 heterocycles. The molecule has 2 aromatic rings. The van der Waals surface area contributed by atoms with Crippen molar-refractivity contribution in [1.29, 1.82) is 0 Å². The third-order valence-corrected chi connectivity index (χ3v) is 7.78. The van der Waals surface area contributed by atoms with Crippen LogP contribution in [0, 0.1) is 12.8 Å². The van der Waals surface area contributed by atoms with Crippen molar-refractivity contribution in [3.8, 4) is 0 Å². The lowest BCUT2D eigenvalue weighted by Crippen LogP contribution is -2.30. The maximum Gasteiger partial charge on any atom is 0.230 e. The molecule has 0 bridgehead atoms. The minimum Gasteiger partial charge on any atom is -0.377 e. The van der Waals surface area contributed by atoms with Crippen LogP contribution in [-0.2, 0) is 25.8 Å².